The molecule has 1 aromatic rings. The number of rotatable bonds is 2. The summed E-state index contributed by atoms with van der Waals surface area (Å²) in [6.07, 6.45) is 1.10. The van der Waals surface area contributed by atoms with Crippen LogP contribution in [0.1, 0.15) is 24.5 Å². The molecule has 1 aromatic carbocycles. The fraction of sp³-hybridized carbons (Fsp3) is 0.364. The van der Waals surface area contributed by atoms with E-state index < -0.39 is 0 Å². The first-order valence-corrected chi connectivity index (χ1v) is 5.53. The summed E-state index contributed by atoms with van der Waals surface area (Å²) in [5.41, 5.74) is 0.972. The van der Waals surface area contributed by atoms with E-state index in [0.29, 0.717) is 6.42 Å². The summed E-state index contributed by atoms with van der Waals surface area (Å²) in [6, 6.07) is 5.66. The van der Waals surface area contributed by atoms with Crippen molar-refractivity contribution in [2.45, 2.75) is 18.9 Å². The number of hydrogen-bond donors (Lipinski definition) is 0. The van der Waals surface area contributed by atoms with E-state index in [-0.39, 0.29) is 12.1 Å². The van der Waals surface area contributed by atoms with Crippen LogP contribution in [0.4, 0.5) is 0 Å². The molecule has 15 heavy (non-hydrogen) atoms. The maximum atomic E-state index is 11.0. The van der Waals surface area contributed by atoms with Crippen LogP contribution in [0.2, 0.25) is 0 Å². The predicted molar refractivity (Wildman–Crippen MR) is 58.8 cm³/mol. The van der Waals surface area contributed by atoms with E-state index in [9.17, 15) is 4.79 Å². The summed E-state index contributed by atoms with van der Waals surface area (Å²) in [6.45, 7) is 0. The molecule has 80 valence electrons. The molecule has 0 aliphatic carbocycles. The Morgan fingerprint density at radius 3 is 2.93 bits per heavy atom. The summed E-state index contributed by atoms with van der Waals surface area (Å²) >= 11 is 3.44. The monoisotopic (exact) mass is 270 g/mol. The molecule has 0 spiro atoms. The zero-order valence-corrected chi connectivity index (χ0v) is 9.91. The SMILES string of the molecule is COc1ccc(Br)c(C2CCC(=O)O2)c1. The van der Waals surface area contributed by atoms with Crippen LogP contribution in [0.15, 0.2) is 22.7 Å². The van der Waals surface area contributed by atoms with Crippen molar-refractivity contribution in [3.8, 4) is 5.75 Å². The van der Waals surface area contributed by atoms with Crippen molar-refractivity contribution in [3.63, 3.8) is 0 Å². The fourth-order valence-electron chi connectivity index (χ4n) is 1.64. The lowest BCUT2D eigenvalue weighted by molar-refractivity contribution is -0.141. The zero-order valence-electron chi connectivity index (χ0n) is 8.33. The van der Waals surface area contributed by atoms with Crippen molar-refractivity contribution in [2.24, 2.45) is 0 Å². The number of ether oxygens (including phenoxy) is 2. The largest absolute Gasteiger partial charge is 0.497 e. The van der Waals surface area contributed by atoms with Gasteiger partial charge in [0.05, 0.1) is 7.11 Å². The Kier molecular flexibility index (Phi) is 2.95. The summed E-state index contributed by atoms with van der Waals surface area (Å²) in [5.74, 6) is 0.644. The standard InChI is InChI=1S/C11H11BrO3/c1-14-7-2-3-9(12)8(6-7)10-4-5-11(13)15-10/h2-3,6,10H,4-5H2,1H3. The summed E-state index contributed by atoms with van der Waals surface area (Å²) < 4.78 is 11.3. The van der Waals surface area contributed by atoms with Gasteiger partial charge in [-0.1, -0.05) is 15.9 Å². The number of halogens is 1. The van der Waals surface area contributed by atoms with Gasteiger partial charge in [0.2, 0.25) is 0 Å². The van der Waals surface area contributed by atoms with Gasteiger partial charge in [-0.3, -0.25) is 4.79 Å². The average Bonchev–Trinajstić information content (AvgIpc) is 2.65. The maximum absolute atomic E-state index is 11.0. The van der Waals surface area contributed by atoms with Gasteiger partial charge in [-0.05, 0) is 24.6 Å². The lowest BCUT2D eigenvalue weighted by atomic mass is 10.1. The smallest absolute Gasteiger partial charge is 0.306 e. The lowest BCUT2D eigenvalue weighted by Crippen LogP contribution is -2.00. The van der Waals surface area contributed by atoms with Gasteiger partial charge >= 0.3 is 5.97 Å². The molecule has 4 heteroatoms. The third kappa shape index (κ3) is 2.15. The number of benzene rings is 1. The Bertz CT molecular complexity index is 389. The molecule has 1 aliphatic heterocycles. The van der Waals surface area contributed by atoms with Crippen LogP contribution < -0.4 is 4.74 Å². The Hall–Kier alpha value is -1.03. The third-order valence-electron chi connectivity index (χ3n) is 2.43. The highest BCUT2D eigenvalue weighted by molar-refractivity contribution is 9.10. The van der Waals surface area contributed by atoms with Gasteiger partial charge in [0.1, 0.15) is 11.9 Å². The van der Waals surface area contributed by atoms with Crippen molar-refractivity contribution in [1.82, 2.24) is 0 Å². The minimum absolute atomic E-state index is 0.130. The molecule has 1 heterocycles. The molecular formula is C11H11BrO3. The van der Waals surface area contributed by atoms with Crippen molar-refractivity contribution in [1.29, 1.82) is 0 Å². The van der Waals surface area contributed by atoms with Crippen LogP contribution in [0.5, 0.6) is 5.75 Å². The van der Waals surface area contributed by atoms with Crippen LogP contribution in [-0.2, 0) is 9.53 Å². The van der Waals surface area contributed by atoms with Crippen LogP contribution >= 0.6 is 15.9 Å². The molecule has 0 N–H and O–H groups in total. The van der Waals surface area contributed by atoms with Crippen molar-refractivity contribution < 1.29 is 14.3 Å². The van der Waals surface area contributed by atoms with Crippen LogP contribution in [-0.4, -0.2) is 13.1 Å². The van der Waals surface area contributed by atoms with E-state index in [1.807, 2.05) is 18.2 Å². The number of methoxy groups -OCH3 is 1. The molecule has 0 saturated carbocycles. The van der Waals surface area contributed by atoms with Crippen LogP contribution in [0.3, 0.4) is 0 Å². The molecule has 1 fully saturated rings. The Labute approximate surface area is 96.5 Å². The Morgan fingerprint density at radius 2 is 2.33 bits per heavy atom. The van der Waals surface area contributed by atoms with Gasteiger partial charge in [-0.25, -0.2) is 0 Å². The van der Waals surface area contributed by atoms with Gasteiger partial charge in [0.25, 0.3) is 0 Å². The second-order valence-electron chi connectivity index (χ2n) is 3.40. The van der Waals surface area contributed by atoms with E-state index in [2.05, 4.69) is 15.9 Å². The number of cyclic esters (lactones) is 1. The van der Waals surface area contributed by atoms with Gasteiger partial charge in [0.15, 0.2) is 0 Å². The van der Waals surface area contributed by atoms with Gasteiger partial charge in [-0.15, -0.1) is 0 Å². The summed E-state index contributed by atoms with van der Waals surface area (Å²) in [7, 11) is 1.62. The van der Waals surface area contributed by atoms with E-state index in [1.165, 1.54) is 0 Å². The number of hydrogen-bond acceptors (Lipinski definition) is 3. The first-order valence-electron chi connectivity index (χ1n) is 4.73. The maximum Gasteiger partial charge on any atom is 0.306 e. The lowest BCUT2D eigenvalue weighted by Gasteiger charge is -2.12. The molecule has 0 amide bonds. The number of carbonyl (C=O) groups is 1. The molecule has 1 unspecified atom stereocenters. The van der Waals surface area contributed by atoms with Crippen LogP contribution in [0, 0.1) is 0 Å². The molecular weight excluding hydrogens is 260 g/mol. The molecule has 1 saturated heterocycles. The normalized spacial score (nSPS) is 20.1. The molecule has 1 aliphatic rings. The van der Waals surface area contributed by atoms with E-state index in [4.69, 9.17) is 9.47 Å². The van der Waals surface area contributed by atoms with E-state index >= 15 is 0 Å². The minimum atomic E-state index is -0.137. The highest BCUT2D eigenvalue weighted by atomic mass is 79.9. The molecule has 0 radical (unpaired) electrons. The summed E-state index contributed by atoms with van der Waals surface area (Å²) in [4.78, 5) is 11.0. The number of esters is 1. The highest BCUT2D eigenvalue weighted by Crippen LogP contribution is 2.35. The Balaban J connectivity index is 2.30. The summed E-state index contributed by atoms with van der Waals surface area (Å²) in [5, 5.41) is 0. The van der Waals surface area contributed by atoms with E-state index in [1.54, 1.807) is 7.11 Å². The van der Waals surface area contributed by atoms with E-state index in [0.717, 1.165) is 22.2 Å². The van der Waals surface area contributed by atoms with Crippen LogP contribution in [0.25, 0.3) is 0 Å². The average molecular weight is 271 g/mol. The molecule has 2 rings (SSSR count). The molecule has 0 aromatic heterocycles. The molecule has 0 bridgehead atoms. The Morgan fingerprint density at radius 1 is 1.53 bits per heavy atom. The third-order valence-corrected chi connectivity index (χ3v) is 3.16. The van der Waals surface area contributed by atoms with Crippen molar-refractivity contribution in [2.75, 3.05) is 7.11 Å². The van der Waals surface area contributed by atoms with Gasteiger partial charge in [0, 0.05) is 16.5 Å². The van der Waals surface area contributed by atoms with Crippen molar-refractivity contribution in [3.05, 3.63) is 28.2 Å². The number of carbonyl (C=O) groups excluding carboxylic acids is 1. The molecule has 3 nitrogen and oxygen atoms in total. The second-order valence-corrected chi connectivity index (χ2v) is 4.26. The minimum Gasteiger partial charge on any atom is -0.497 e. The topological polar surface area (TPSA) is 35.5 Å². The van der Waals surface area contributed by atoms with Gasteiger partial charge < -0.3 is 9.47 Å². The fourth-order valence-corrected chi connectivity index (χ4v) is 2.14. The predicted octanol–water partition coefficient (Wildman–Crippen LogP) is 2.84. The quantitative estimate of drug-likeness (QED) is 0.776. The zero-order chi connectivity index (χ0) is 10.8. The first-order chi connectivity index (χ1) is 7.20. The second kappa shape index (κ2) is 4.23. The highest BCUT2D eigenvalue weighted by Gasteiger charge is 2.26. The molecule has 1 atom stereocenters. The van der Waals surface area contributed by atoms with Crippen molar-refractivity contribution >= 4 is 21.9 Å². The van der Waals surface area contributed by atoms with Gasteiger partial charge in [-0.2, -0.15) is 0 Å². The first kappa shape index (κ1) is 10.5.